The van der Waals surface area contributed by atoms with Crippen molar-refractivity contribution in [3.8, 4) is 0 Å². The first kappa shape index (κ1) is 16.9. The third-order valence-electron chi connectivity index (χ3n) is 1.71. The summed E-state index contributed by atoms with van der Waals surface area (Å²) >= 11 is -0.193. The second kappa shape index (κ2) is 6.08. The standard InChI is InChI=1S/C10H4F6O2S2/c11-9(12,13)7(17)19-5-1-2-6(4-3-5)20-8(18)10(14,15)16/h1-4H. The Hall–Kier alpha value is -1.16. The van der Waals surface area contributed by atoms with Crippen molar-refractivity contribution in [2.45, 2.75) is 22.1 Å². The van der Waals surface area contributed by atoms with E-state index in [1.807, 2.05) is 0 Å². The van der Waals surface area contributed by atoms with Gasteiger partial charge in [0.1, 0.15) is 0 Å². The van der Waals surface area contributed by atoms with Gasteiger partial charge in [-0.25, -0.2) is 0 Å². The van der Waals surface area contributed by atoms with E-state index in [0.717, 1.165) is 24.3 Å². The molecule has 0 saturated carbocycles. The Morgan fingerprint density at radius 1 is 0.700 bits per heavy atom. The van der Waals surface area contributed by atoms with Crippen molar-refractivity contribution in [2.24, 2.45) is 0 Å². The highest BCUT2D eigenvalue weighted by Gasteiger charge is 2.40. The average Bonchev–Trinajstić information content (AvgIpc) is 2.29. The van der Waals surface area contributed by atoms with Crippen LogP contribution in [-0.2, 0) is 9.59 Å². The van der Waals surface area contributed by atoms with Gasteiger partial charge in [0.2, 0.25) is 0 Å². The Morgan fingerprint density at radius 2 is 0.950 bits per heavy atom. The van der Waals surface area contributed by atoms with Gasteiger partial charge in [-0.2, -0.15) is 26.3 Å². The normalized spacial score (nSPS) is 12.3. The molecule has 0 aliphatic rings. The van der Waals surface area contributed by atoms with E-state index in [1.165, 1.54) is 0 Å². The van der Waals surface area contributed by atoms with Crippen LogP contribution in [0, 0.1) is 0 Å². The summed E-state index contributed by atoms with van der Waals surface area (Å²) in [6.07, 6.45) is -9.99. The molecule has 0 heterocycles. The lowest BCUT2D eigenvalue weighted by atomic mass is 10.4. The van der Waals surface area contributed by atoms with Crippen LogP contribution in [0.5, 0.6) is 0 Å². The second-order valence-electron chi connectivity index (χ2n) is 3.25. The largest absolute Gasteiger partial charge is 0.461 e. The van der Waals surface area contributed by atoms with Crippen molar-refractivity contribution in [3.05, 3.63) is 24.3 Å². The SMILES string of the molecule is O=C(Sc1ccc(SC(=O)C(F)(F)F)cc1)C(F)(F)F. The first-order valence-electron chi connectivity index (χ1n) is 4.68. The zero-order chi connectivity index (χ0) is 15.6. The Bertz CT molecular complexity index is 459. The molecular formula is C10H4F6O2S2. The summed E-state index contributed by atoms with van der Waals surface area (Å²) in [6, 6.07) is 4.11. The molecule has 2 nitrogen and oxygen atoms in total. The molecule has 0 aromatic heterocycles. The molecule has 0 aliphatic carbocycles. The molecule has 0 radical (unpaired) electrons. The van der Waals surface area contributed by atoms with E-state index in [9.17, 15) is 35.9 Å². The summed E-state index contributed by atoms with van der Waals surface area (Å²) in [5.41, 5.74) is 0. The maximum absolute atomic E-state index is 12.0. The zero-order valence-corrected chi connectivity index (χ0v) is 10.8. The summed E-state index contributed by atoms with van der Waals surface area (Å²) in [6.45, 7) is 0. The summed E-state index contributed by atoms with van der Waals surface area (Å²) in [4.78, 5) is 21.1. The van der Waals surface area contributed by atoms with Crippen LogP contribution < -0.4 is 0 Å². The van der Waals surface area contributed by atoms with Crippen molar-refractivity contribution < 1.29 is 35.9 Å². The molecule has 0 fully saturated rings. The molecule has 0 amide bonds. The summed E-state index contributed by atoms with van der Waals surface area (Å²) in [5, 5.41) is -4.08. The van der Waals surface area contributed by atoms with Gasteiger partial charge in [0.25, 0.3) is 10.2 Å². The van der Waals surface area contributed by atoms with Gasteiger partial charge >= 0.3 is 12.4 Å². The van der Waals surface area contributed by atoms with Crippen LogP contribution in [0.25, 0.3) is 0 Å². The van der Waals surface area contributed by atoms with E-state index < -0.39 is 22.6 Å². The Labute approximate surface area is 116 Å². The number of alkyl halides is 6. The average molecular weight is 334 g/mol. The second-order valence-corrected chi connectivity index (χ2v) is 5.34. The maximum atomic E-state index is 12.0. The molecule has 1 aromatic rings. The minimum Gasteiger partial charge on any atom is -0.276 e. The number of carbonyl (C=O) groups is 2. The number of hydrogen-bond donors (Lipinski definition) is 0. The van der Waals surface area contributed by atoms with Gasteiger partial charge in [-0.05, 0) is 47.8 Å². The minimum absolute atomic E-state index is 0.0869. The number of rotatable bonds is 2. The lowest BCUT2D eigenvalue weighted by Crippen LogP contribution is -2.19. The predicted molar refractivity (Wildman–Crippen MR) is 60.3 cm³/mol. The van der Waals surface area contributed by atoms with Crippen LogP contribution in [-0.4, -0.2) is 22.6 Å². The molecule has 0 atom stereocenters. The first-order chi connectivity index (χ1) is 9.00. The Balaban J connectivity index is 2.71. The van der Waals surface area contributed by atoms with Gasteiger partial charge in [-0.3, -0.25) is 9.59 Å². The summed E-state index contributed by atoms with van der Waals surface area (Å²) < 4.78 is 71.8. The quantitative estimate of drug-likeness (QED) is 0.604. The molecule has 0 unspecified atom stereocenters. The van der Waals surface area contributed by atoms with Crippen molar-refractivity contribution >= 4 is 33.8 Å². The predicted octanol–water partition coefficient (Wildman–Crippen LogP) is 4.05. The molecule has 0 spiro atoms. The van der Waals surface area contributed by atoms with Crippen molar-refractivity contribution in [1.29, 1.82) is 0 Å². The highest BCUT2D eigenvalue weighted by molar-refractivity contribution is 8.14. The highest BCUT2D eigenvalue weighted by atomic mass is 32.2. The molecule has 20 heavy (non-hydrogen) atoms. The lowest BCUT2D eigenvalue weighted by Gasteiger charge is -2.06. The van der Waals surface area contributed by atoms with E-state index in [0.29, 0.717) is 0 Å². The maximum Gasteiger partial charge on any atom is 0.461 e. The molecule has 0 bridgehead atoms. The summed E-state index contributed by atoms with van der Waals surface area (Å²) in [7, 11) is 0. The molecular weight excluding hydrogens is 330 g/mol. The zero-order valence-electron chi connectivity index (χ0n) is 9.21. The number of thioether (sulfide) groups is 2. The van der Waals surface area contributed by atoms with Crippen LogP contribution in [0.2, 0.25) is 0 Å². The summed E-state index contributed by atoms with van der Waals surface area (Å²) in [5.74, 6) is 0. The molecule has 10 heteroatoms. The smallest absolute Gasteiger partial charge is 0.276 e. The molecule has 1 rings (SSSR count). The van der Waals surface area contributed by atoms with Crippen LogP contribution in [0.1, 0.15) is 0 Å². The lowest BCUT2D eigenvalue weighted by molar-refractivity contribution is -0.160. The Morgan fingerprint density at radius 3 is 1.15 bits per heavy atom. The fourth-order valence-electron chi connectivity index (χ4n) is 0.906. The molecule has 0 N–H and O–H groups in total. The van der Waals surface area contributed by atoms with Gasteiger partial charge in [-0.1, -0.05) is 0 Å². The molecule has 0 saturated heterocycles. The number of halogens is 6. The van der Waals surface area contributed by atoms with E-state index in [4.69, 9.17) is 0 Å². The first-order valence-corrected chi connectivity index (χ1v) is 6.31. The van der Waals surface area contributed by atoms with E-state index >= 15 is 0 Å². The van der Waals surface area contributed by atoms with Gasteiger partial charge in [-0.15, -0.1) is 0 Å². The van der Waals surface area contributed by atoms with Gasteiger partial charge < -0.3 is 0 Å². The van der Waals surface area contributed by atoms with Gasteiger partial charge in [0.15, 0.2) is 0 Å². The molecule has 1 aromatic carbocycles. The number of benzene rings is 1. The topological polar surface area (TPSA) is 34.1 Å². The van der Waals surface area contributed by atoms with Gasteiger partial charge in [0, 0.05) is 9.79 Å². The fourth-order valence-corrected chi connectivity index (χ4v) is 2.11. The van der Waals surface area contributed by atoms with Crippen molar-refractivity contribution in [1.82, 2.24) is 0 Å². The number of carbonyl (C=O) groups excluding carboxylic acids is 2. The molecule has 0 aliphatic heterocycles. The van der Waals surface area contributed by atoms with Crippen LogP contribution in [0.4, 0.5) is 26.3 Å². The Kier molecular flexibility index (Phi) is 5.14. The molecule has 110 valence electrons. The van der Waals surface area contributed by atoms with E-state index in [1.54, 1.807) is 0 Å². The number of hydrogen-bond acceptors (Lipinski definition) is 4. The van der Waals surface area contributed by atoms with Crippen LogP contribution >= 0.6 is 23.5 Å². The van der Waals surface area contributed by atoms with Crippen LogP contribution in [0.3, 0.4) is 0 Å². The van der Waals surface area contributed by atoms with Crippen molar-refractivity contribution in [2.75, 3.05) is 0 Å². The highest BCUT2D eigenvalue weighted by Crippen LogP contribution is 2.32. The van der Waals surface area contributed by atoms with Crippen molar-refractivity contribution in [3.63, 3.8) is 0 Å². The third-order valence-corrected chi connectivity index (χ3v) is 3.56. The third kappa shape index (κ3) is 5.08. The van der Waals surface area contributed by atoms with Gasteiger partial charge in [0.05, 0.1) is 0 Å². The van der Waals surface area contributed by atoms with E-state index in [2.05, 4.69) is 0 Å². The minimum atomic E-state index is -5.00. The van der Waals surface area contributed by atoms with E-state index in [-0.39, 0.29) is 33.3 Å². The monoisotopic (exact) mass is 334 g/mol. The van der Waals surface area contributed by atoms with Crippen LogP contribution in [0.15, 0.2) is 34.1 Å². The fraction of sp³-hybridized carbons (Fsp3) is 0.200.